The van der Waals surface area contributed by atoms with Gasteiger partial charge in [-0.1, -0.05) is 39.8 Å². The summed E-state index contributed by atoms with van der Waals surface area (Å²) in [7, 11) is 1.31. The molecule has 1 atom stereocenters. The van der Waals surface area contributed by atoms with Crippen molar-refractivity contribution < 1.29 is 23.9 Å². The minimum Gasteiger partial charge on any atom is -0.482 e. The zero-order chi connectivity index (χ0) is 27.5. The van der Waals surface area contributed by atoms with E-state index in [2.05, 4.69) is 50.5 Å². The summed E-state index contributed by atoms with van der Waals surface area (Å²) in [4.78, 5) is 37.1. The smallest absolute Gasteiger partial charge is 0.351 e. The summed E-state index contributed by atoms with van der Waals surface area (Å²) >= 11 is 1.26. The molecule has 1 aliphatic rings. The van der Waals surface area contributed by atoms with Crippen molar-refractivity contribution >= 4 is 34.8 Å². The Morgan fingerprint density at radius 1 is 1.16 bits per heavy atom. The third kappa shape index (κ3) is 7.25. The third-order valence-corrected chi connectivity index (χ3v) is 7.97. The number of nitrogens with two attached hydrogens (primary N) is 1. The average molecular weight is 530 g/mol. The van der Waals surface area contributed by atoms with Gasteiger partial charge in [0, 0.05) is 22.2 Å². The highest BCUT2D eigenvalue weighted by molar-refractivity contribution is 7.18. The van der Waals surface area contributed by atoms with Gasteiger partial charge in [0.2, 0.25) is 5.91 Å². The van der Waals surface area contributed by atoms with Crippen LogP contribution in [0, 0.1) is 17.8 Å². The molecule has 202 valence electrons. The molecule has 0 spiro atoms. The molecule has 3 rings (SSSR count). The van der Waals surface area contributed by atoms with Crippen LogP contribution >= 0.6 is 11.3 Å². The molecule has 1 heterocycles. The number of carbonyl (C=O) groups excluding carboxylic acids is 3. The van der Waals surface area contributed by atoms with Crippen molar-refractivity contribution in [2.45, 2.75) is 72.9 Å². The Morgan fingerprint density at radius 2 is 1.81 bits per heavy atom. The number of benzene rings is 1. The molecule has 1 aromatic carbocycles. The minimum absolute atomic E-state index is 0.268. The molecule has 2 aromatic rings. The van der Waals surface area contributed by atoms with Crippen molar-refractivity contribution in [2.24, 2.45) is 16.6 Å². The van der Waals surface area contributed by atoms with Gasteiger partial charge >= 0.3 is 5.97 Å². The van der Waals surface area contributed by atoms with Crippen LogP contribution in [0.3, 0.4) is 0 Å². The zero-order valence-electron chi connectivity index (χ0n) is 22.8. The molecule has 4 N–H and O–H groups in total. The van der Waals surface area contributed by atoms with Crippen LogP contribution in [0.25, 0.3) is 10.4 Å². The Bertz CT molecular complexity index is 1150. The first-order valence-corrected chi connectivity index (χ1v) is 13.3. The number of carbonyl (C=O) groups is 3. The number of esters is 1. The fraction of sp³-hybridized carbons (Fsp3) is 0.536. The number of hydrogen-bond acceptors (Lipinski definition) is 7. The Hall–Kier alpha value is -3.07. The molecular weight excluding hydrogens is 490 g/mol. The second-order valence-corrected chi connectivity index (χ2v) is 12.5. The Morgan fingerprint density at radius 3 is 2.41 bits per heavy atom. The molecule has 1 aliphatic carbocycles. The molecule has 1 aromatic heterocycles. The molecule has 0 saturated heterocycles. The van der Waals surface area contributed by atoms with Crippen molar-refractivity contribution in [3.8, 4) is 16.2 Å². The third-order valence-electron chi connectivity index (χ3n) is 6.66. The van der Waals surface area contributed by atoms with Crippen LogP contribution in [0.4, 0.5) is 5.69 Å². The van der Waals surface area contributed by atoms with Gasteiger partial charge in [-0.15, -0.1) is 11.3 Å². The van der Waals surface area contributed by atoms with Crippen LogP contribution in [-0.4, -0.2) is 43.6 Å². The summed E-state index contributed by atoms with van der Waals surface area (Å²) < 4.78 is 10.7. The van der Waals surface area contributed by atoms with Crippen LogP contribution in [0.15, 0.2) is 24.3 Å². The van der Waals surface area contributed by atoms with E-state index in [1.165, 1.54) is 31.8 Å². The maximum atomic E-state index is 12.5. The van der Waals surface area contributed by atoms with Crippen molar-refractivity contribution in [3.63, 3.8) is 0 Å². The molecular formula is C28H39N3O5S. The van der Waals surface area contributed by atoms with Gasteiger partial charge < -0.3 is 25.8 Å². The van der Waals surface area contributed by atoms with Crippen molar-refractivity contribution in [2.75, 3.05) is 19.0 Å². The van der Waals surface area contributed by atoms with E-state index in [1.54, 1.807) is 0 Å². The van der Waals surface area contributed by atoms with Gasteiger partial charge in [0.25, 0.3) is 5.91 Å². The van der Waals surface area contributed by atoms with E-state index in [4.69, 9.17) is 15.2 Å². The number of nitrogens with one attached hydrogen (secondary N) is 2. The van der Waals surface area contributed by atoms with E-state index in [0.29, 0.717) is 11.8 Å². The Labute approximate surface area is 223 Å². The van der Waals surface area contributed by atoms with Crippen LogP contribution < -0.4 is 21.1 Å². The SMILES string of the molecule is COC(=O)c1sc(-c2cccc(NC3CC(C)(C)CC(C)(C)C3)c2)c(C)c1OCC(=O)NC(C)C(N)=O. The van der Waals surface area contributed by atoms with Gasteiger partial charge in [-0.3, -0.25) is 9.59 Å². The lowest BCUT2D eigenvalue weighted by molar-refractivity contribution is -0.128. The predicted octanol–water partition coefficient (Wildman–Crippen LogP) is 4.90. The van der Waals surface area contributed by atoms with E-state index in [9.17, 15) is 14.4 Å². The molecule has 1 saturated carbocycles. The van der Waals surface area contributed by atoms with Crippen LogP contribution in [0.1, 0.15) is 69.1 Å². The Balaban J connectivity index is 1.85. The number of anilines is 1. The number of ether oxygens (including phenoxy) is 2. The lowest BCUT2D eigenvalue weighted by Gasteiger charge is -2.45. The highest BCUT2D eigenvalue weighted by atomic mass is 32.1. The highest BCUT2D eigenvalue weighted by Gasteiger charge is 2.38. The van der Waals surface area contributed by atoms with Gasteiger partial charge in [-0.25, -0.2) is 4.79 Å². The minimum atomic E-state index is -0.828. The van der Waals surface area contributed by atoms with Gasteiger partial charge in [0.05, 0.1) is 7.11 Å². The van der Waals surface area contributed by atoms with Crippen molar-refractivity contribution in [1.82, 2.24) is 5.32 Å². The quantitative estimate of drug-likeness (QED) is 0.398. The van der Waals surface area contributed by atoms with E-state index in [1.807, 2.05) is 19.1 Å². The number of amides is 2. The number of methoxy groups -OCH3 is 1. The standard InChI is InChI=1S/C28H39N3O5S/c1-16-22(36-14-21(32)30-17(2)25(29)33)24(26(34)35-7)37-23(16)18-9-8-10-19(11-18)31-20-12-27(3,4)15-28(5,6)13-20/h8-11,17,20,31H,12-15H2,1-7H3,(H2,29,33)(H,30,32). The molecule has 2 amide bonds. The number of hydrogen-bond donors (Lipinski definition) is 3. The molecule has 1 unspecified atom stereocenters. The second-order valence-electron chi connectivity index (χ2n) is 11.5. The van der Waals surface area contributed by atoms with E-state index < -0.39 is 23.8 Å². The fourth-order valence-electron chi connectivity index (χ4n) is 5.60. The number of thiophene rings is 1. The van der Waals surface area contributed by atoms with Crippen molar-refractivity contribution in [3.05, 3.63) is 34.7 Å². The van der Waals surface area contributed by atoms with Gasteiger partial charge in [-0.05, 0) is 61.6 Å². The molecule has 0 bridgehead atoms. The molecule has 1 fully saturated rings. The summed E-state index contributed by atoms with van der Waals surface area (Å²) in [6.07, 6.45) is 3.39. The van der Waals surface area contributed by atoms with Gasteiger partial charge in [-0.2, -0.15) is 0 Å². The summed E-state index contributed by atoms with van der Waals surface area (Å²) in [6.45, 7) is 12.3. The van der Waals surface area contributed by atoms with E-state index >= 15 is 0 Å². The topological polar surface area (TPSA) is 120 Å². The van der Waals surface area contributed by atoms with Gasteiger partial charge in [0.15, 0.2) is 11.5 Å². The summed E-state index contributed by atoms with van der Waals surface area (Å²) in [6, 6.07) is 7.66. The lowest BCUT2D eigenvalue weighted by atomic mass is 9.63. The maximum absolute atomic E-state index is 12.5. The molecule has 0 aliphatic heterocycles. The zero-order valence-corrected chi connectivity index (χ0v) is 23.6. The van der Waals surface area contributed by atoms with Crippen LogP contribution in [0.2, 0.25) is 0 Å². The molecule has 8 nitrogen and oxygen atoms in total. The first-order valence-electron chi connectivity index (χ1n) is 12.5. The first-order chi connectivity index (χ1) is 17.2. The van der Waals surface area contributed by atoms with Crippen molar-refractivity contribution in [1.29, 1.82) is 0 Å². The molecule has 9 heteroatoms. The van der Waals surface area contributed by atoms with Gasteiger partial charge in [0.1, 0.15) is 11.8 Å². The van der Waals surface area contributed by atoms with Crippen LogP contribution in [-0.2, 0) is 14.3 Å². The number of rotatable bonds is 9. The fourth-order valence-corrected chi connectivity index (χ4v) is 6.77. The van der Waals surface area contributed by atoms with Crippen LogP contribution in [0.5, 0.6) is 5.75 Å². The Kier molecular flexibility index (Phi) is 8.57. The maximum Gasteiger partial charge on any atom is 0.351 e. The molecule has 0 radical (unpaired) electrons. The normalized spacial score (nSPS) is 17.5. The van der Waals surface area contributed by atoms with E-state index in [-0.39, 0.29) is 22.3 Å². The van der Waals surface area contributed by atoms with E-state index in [0.717, 1.165) is 34.5 Å². The highest BCUT2D eigenvalue weighted by Crippen LogP contribution is 2.47. The summed E-state index contributed by atoms with van der Waals surface area (Å²) in [5.41, 5.74) is 8.43. The number of primary amides is 1. The largest absolute Gasteiger partial charge is 0.482 e. The predicted molar refractivity (Wildman–Crippen MR) is 147 cm³/mol. The first kappa shape index (κ1) is 28.5. The second kappa shape index (κ2) is 11.1. The summed E-state index contributed by atoms with van der Waals surface area (Å²) in [5.74, 6) is -1.41. The monoisotopic (exact) mass is 529 g/mol. The lowest BCUT2D eigenvalue weighted by Crippen LogP contribution is -2.44. The summed E-state index contributed by atoms with van der Waals surface area (Å²) in [5, 5.41) is 6.20. The molecule has 37 heavy (non-hydrogen) atoms. The average Bonchev–Trinajstić information content (AvgIpc) is 3.11.